The molecule has 1 aliphatic rings. The first-order valence-corrected chi connectivity index (χ1v) is 9.39. The number of anilines is 3. The van der Waals surface area contributed by atoms with Gasteiger partial charge in [0.15, 0.2) is 11.5 Å². The Morgan fingerprint density at radius 3 is 2.41 bits per heavy atom. The molecule has 0 radical (unpaired) electrons. The predicted octanol–water partition coefficient (Wildman–Crippen LogP) is 3.49. The van der Waals surface area contributed by atoms with Gasteiger partial charge in [0.05, 0.1) is 16.8 Å². The van der Waals surface area contributed by atoms with Crippen LogP contribution in [0.5, 0.6) is 11.5 Å². The molecule has 27 heavy (non-hydrogen) atoms. The molecule has 2 N–H and O–H groups in total. The van der Waals surface area contributed by atoms with Crippen LogP contribution in [0.1, 0.15) is 0 Å². The summed E-state index contributed by atoms with van der Waals surface area (Å²) in [6, 6.07) is 13.4. The average Bonchev–Trinajstić information content (AvgIpc) is 3.13. The summed E-state index contributed by atoms with van der Waals surface area (Å²) in [5.74, 6) is 0.720. The summed E-state index contributed by atoms with van der Waals surface area (Å²) in [4.78, 5) is 4.14. The summed E-state index contributed by atoms with van der Waals surface area (Å²) in [6.07, 6.45) is 1.47. The Labute approximate surface area is 154 Å². The number of ether oxygens (including phenoxy) is 2. The molecule has 0 amide bonds. The molecule has 0 atom stereocenters. The molecule has 0 fully saturated rings. The first-order chi connectivity index (χ1) is 13.0. The van der Waals surface area contributed by atoms with Gasteiger partial charge in [-0.15, -0.1) is 0 Å². The average molecular weight is 387 g/mol. The lowest BCUT2D eigenvalue weighted by Gasteiger charge is -2.10. The van der Waals surface area contributed by atoms with Crippen molar-refractivity contribution in [3.8, 4) is 11.5 Å². The molecule has 7 nitrogen and oxygen atoms in total. The summed E-state index contributed by atoms with van der Waals surface area (Å²) in [5, 5.41) is 3.04. The standard InChI is InChI=1S/C18H14FN3O4S/c19-12-1-3-13(4-2-12)21-14-5-8-18(20-10-14)22-27(23,24)15-6-7-16-17(9-15)26-11-25-16/h1-10,21H,11H2,(H,20,22). The van der Waals surface area contributed by atoms with Crippen LogP contribution in [0.15, 0.2) is 65.7 Å². The van der Waals surface area contributed by atoms with E-state index >= 15 is 0 Å². The zero-order valence-electron chi connectivity index (χ0n) is 13.8. The third-order valence-corrected chi connectivity index (χ3v) is 5.14. The number of hydrogen-bond acceptors (Lipinski definition) is 6. The molecule has 0 spiro atoms. The Hall–Kier alpha value is -3.33. The molecule has 9 heteroatoms. The van der Waals surface area contributed by atoms with Crippen molar-refractivity contribution in [2.75, 3.05) is 16.8 Å². The Morgan fingerprint density at radius 2 is 1.67 bits per heavy atom. The Balaban J connectivity index is 1.48. The van der Waals surface area contributed by atoms with Gasteiger partial charge in [-0.1, -0.05) is 0 Å². The van der Waals surface area contributed by atoms with Crippen molar-refractivity contribution in [1.82, 2.24) is 4.98 Å². The second-order valence-corrected chi connectivity index (χ2v) is 7.37. The van der Waals surface area contributed by atoms with E-state index in [2.05, 4.69) is 15.0 Å². The van der Waals surface area contributed by atoms with Gasteiger partial charge in [-0.3, -0.25) is 4.72 Å². The summed E-state index contributed by atoms with van der Waals surface area (Å²) in [7, 11) is -3.82. The minimum atomic E-state index is -3.82. The third kappa shape index (κ3) is 3.77. The van der Waals surface area contributed by atoms with Gasteiger partial charge in [0.2, 0.25) is 6.79 Å². The number of pyridine rings is 1. The number of rotatable bonds is 5. The highest BCUT2D eigenvalue weighted by Crippen LogP contribution is 2.34. The topological polar surface area (TPSA) is 89.6 Å². The quantitative estimate of drug-likeness (QED) is 0.697. The van der Waals surface area contributed by atoms with Crippen LogP contribution in [-0.4, -0.2) is 20.2 Å². The van der Waals surface area contributed by atoms with Gasteiger partial charge in [0.1, 0.15) is 11.6 Å². The summed E-state index contributed by atoms with van der Waals surface area (Å²) in [6.45, 7) is 0.0658. The number of nitrogens with one attached hydrogen (secondary N) is 2. The van der Waals surface area contributed by atoms with Gasteiger partial charge in [0.25, 0.3) is 10.0 Å². The number of nitrogens with zero attached hydrogens (tertiary/aromatic N) is 1. The maximum Gasteiger partial charge on any atom is 0.263 e. The van der Waals surface area contributed by atoms with Gasteiger partial charge in [0, 0.05) is 11.8 Å². The molecule has 1 aromatic heterocycles. The van der Waals surface area contributed by atoms with E-state index in [4.69, 9.17) is 9.47 Å². The number of sulfonamides is 1. The summed E-state index contributed by atoms with van der Waals surface area (Å²) in [5.41, 5.74) is 1.32. The highest BCUT2D eigenvalue weighted by atomic mass is 32.2. The van der Waals surface area contributed by atoms with Crippen molar-refractivity contribution in [2.45, 2.75) is 4.90 Å². The first-order valence-electron chi connectivity index (χ1n) is 7.91. The Kier molecular flexibility index (Phi) is 4.28. The van der Waals surface area contributed by atoms with Gasteiger partial charge in [-0.05, 0) is 48.5 Å². The number of aromatic nitrogens is 1. The molecule has 2 heterocycles. The van der Waals surface area contributed by atoms with Crippen LogP contribution in [0.25, 0.3) is 0 Å². The molecule has 3 aromatic rings. The maximum atomic E-state index is 12.9. The van der Waals surface area contributed by atoms with Crippen molar-refractivity contribution in [3.05, 3.63) is 66.6 Å². The molecule has 4 rings (SSSR count). The SMILES string of the molecule is O=S(=O)(Nc1ccc(Nc2ccc(F)cc2)cn1)c1ccc2c(c1)OCO2. The van der Waals surface area contributed by atoms with Crippen LogP contribution in [0.4, 0.5) is 21.6 Å². The van der Waals surface area contributed by atoms with Crippen LogP contribution in [0, 0.1) is 5.82 Å². The van der Waals surface area contributed by atoms with E-state index in [-0.39, 0.29) is 23.3 Å². The minimum absolute atomic E-state index is 0.0436. The second kappa shape index (κ2) is 6.76. The first kappa shape index (κ1) is 17.1. The lowest BCUT2D eigenvalue weighted by Crippen LogP contribution is -2.13. The normalized spacial score (nSPS) is 12.6. The van der Waals surface area contributed by atoms with E-state index in [1.54, 1.807) is 24.3 Å². The number of hydrogen-bond donors (Lipinski definition) is 2. The van der Waals surface area contributed by atoms with Crippen LogP contribution in [0.2, 0.25) is 0 Å². The Bertz CT molecular complexity index is 1070. The van der Waals surface area contributed by atoms with E-state index in [9.17, 15) is 12.8 Å². The molecule has 0 aliphatic carbocycles. The molecule has 0 unspecified atom stereocenters. The van der Waals surface area contributed by atoms with Gasteiger partial charge >= 0.3 is 0 Å². The van der Waals surface area contributed by atoms with Crippen molar-refractivity contribution < 1.29 is 22.3 Å². The van der Waals surface area contributed by atoms with E-state index in [0.717, 1.165) is 0 Å². The van der Waals surface area contributed by atoms with Crippen LogP contribution in [0.3, 0.4) is 0 Å². The lowest BCUT2D eigenvalue weighted by molar-refractivity contribution is 0.174. The molecule has 1 aliphatic heterocycles. The zero-order chi connectivity index (χ0) is 18.9. The second-order valence-electron chi connectivity index (χ2n) is 5.68. The Morgan fingerprint density at radius 1 is 0.926 bits per heavy atom. The van der Waals surface area contributed by atoms with E-state index in [1.807, 2.05) is 0 Å². The number of fused-ring (bicyclic) bond motifs is 1. The largest absolute Gasteiger partial charge is 0.454 e. The molecule has 0 saturated carbocycles. The van der Waals surface area contributed by atoms with Gasteiger partial charge in [-0.25, -0.2) is 17.8 Å². The fourth-order valence-electron chi connectivity index (χ4n) is 2.47. The van der Waals surface area contributed by atoms with E-state index in [0.29, 0.717) is 22.9 Å². The predicted molar refractivity (Wildman–Crippen MR) is 97.3 cm³/mol. The summed E-state index contributed by atoms with van der Waals surface area (Å²) < 4.78 is 50.7. The van der Waals surface area contributed by atoms with Crippen molar-refractivity contribution in [1.29, 1.82) is 0 Å². The van der Waals surface area contributed by atoms with Gasteiger partial charge in [-0.2, -0.15) is 0 Å². The molecular weight excluding hydrogens is 373 g/mol. The highest BCUT2D eigenvalue weighted by molar-refractivity contribution is 7.92. The molecule has 2 aromatic carbocycles. The van der Waals surface area contributed by atoms with Crippen LogP contribution < -0.4 is 19.5 Å². The molecular formula is C18H14FN3O4S. The smallest absolute Gasteiger partial charge is 0.263 e. The lowest BCUT2D eigenvalue weighted by atomic mass is 10.3. The number of halogens is 1. The van der Waals surface area contributed by atoms with Crippen molar-refractivity contribution in [3.63, 3.8) is 0 Å². The van der Waals surface area contributed by atoms with Crippen LogP contribution in [-0.2, 0) is 10.0 Å². The van der Waals surface area contributed by atoms with Crippen molar-refractivity contribution >= 4 is 27.2 Å². The maximum absolute atomic E-state index is 12.9. The molecule has 0 bridgehead atoms. The highest BCUT2D eigenvalue weighted by Gasteiger charge is 2.20. The summed E-state index contributed by atoms with van der Waals surface area (Å²) >= 11 is 0. The molecule has 138 valence electrons. The fourth-order valence-corrected chi connectivity index (χ4v) is 3.49. The number of benzene rings is 2. The van der Waals surface area contributed by atoms with Crippen molar-refractivity contribution in [2.24, 2.45) is 0 Å². The molecule has 0 saturated heterocycles. The monoisotopic (exact) mass is 387 g/mol. The van der Waals surface area contributed by atoms with Gasteiger partial charge < -0.3 is 14.8 Å². The third-order valence-electron chi connectivity index (χ3n) is 3.79. The minimum Gasteiger partial charge on any atom is -0.454 e. The van der Waals surface area contributed by atoms with E-state index < -0.39 is 10.0 Å². The zero-order valence-corrected chi connectivity index (χ0v) is 14.7. The van der Waals surface area contributed by atoms with Crippen LogP contribution >= 0.6 is 0 Å². The fraction of sp³-hybridized carbons (Fsp3) is 0.0556. The van der Waals surface area contributed by atoms with E-state index in [1.165, 1.54) is 36.5 Å².